The number of nitrogens with zero attached hydrogens (tertiary/aromatic N) is 3. The summed E-state index contributed by atoms with van der Waals surface area (Å²) in [5.74, 6) is -0.495. The number of aryl methyl sites for hydroxylation is 2. The highest BCUT2D eigenvalue weighted by Gasteiger charge is 2.30. The predicted molar refractivity (Wildman–Crippen MR) is 81.5 cm³/mol. The summed E-state index contributed by atoms with van der Waals surface area (Å²) in [5.41, 5.74) is 0.907. The molecule has 0 fully saturated rings. The maximum Gasteiger partial charge on any atom is 0.322 e. The van der Waals surface area contributed by atoms with E-state index in [1.165, 1.54) is 18.7 Å². The zero-order valence-corrected chi connectivity index (χ0v) is 12.7. The number of hydrogen-bond acceptors (Lipinski definition) is 4. The van der Waals surface area contributed by atoms with E-state index in [2.05, 4.69) is 10.4 Å². The van der Waals surface area contributed by atoms with Crippen LogP contribution in [0.15, 0.2) is 30.3 Å². The van der Waals surface area contributed by atoms with E-state index in [4.69, 9.17) is 0 Å². The van der Waals surface area contributed by atoms with Gasteiger partial charge in [0.05, 0.1) is 11.0 Å². The summed E-state index contributed by atoms with van der Waals surface area (Å²) in [6, 6.07) is 9.30. The molecule has 2 aromatic rings. The Hall–Kier alpha value is -2.70. The van der Waals surface area contributed by atoms with Crippen LogP contribution in [0.3, 0.4) is 0 Å². The second kappa shape index (κ2) is 6.38. The maximum absolute atomic E-state index is 12.5. The summed E-state index contributed by atoms with van der Waals surface area (Å²) in [7, 11) is 1.53. The first-order valence-corrected chi connectivity index (χ1v) is 6.99. The van der Waals surface area contributed by atoms with E-state index in [0.29, 0.717) is 6.42 Å². The van der Waals surface area contributed by atoms with Crippen molar-refractivity contribution in [2.24, 2.45) is 7.05 Å². The molecule has 0 bridgehead atoms. The van der Waals surface area contributed by atoms with Crippen molar-refractivity contribution in [2.75, 3.05) is 0 Å². The van der Waals surface area contributed by atoms with Gasteiger partial charge in [0.15, 0.2) is 0 Å². The molecule has 2 rings (SSSR count). The molecule has 7 heteroatoms. The summed E-state index contributed by atoms with van der Waals surface area (Å²) in [5, 5.41) is 18.0. The fourth-order valence-corrected chi connectivity index (χ4v) is 2.45. The van der Waals surface area contributed by atoms with Gasteiger partial charge in [0.25, 0.3) is 5.91 Å². The second-order valence-electron chi connectivity index (χ2n) is 5.01. The van der Waals surface area contributed by atoms with Gasteiger partial charge in [-0.1, -0.05) is 37.3 Å². The van der Waals surface area contributed by atoms with Crippen LogP contribution in [-0.4, -0.2) is 20.6 Å². The minimum atomic E-state index is -0.569. The third kappa shape index (κ3) is 2.98. The van der Waals surface area contributed by atoms with Gasteiger partial charge in [0.1, 0.15) is 5.69 Å². The molecule has 0 spiro atoms. The van der Waals surface area contributed by atoms with Gasteiger partial charge in [0.2, 0.25) is 5.69 Å². The fraction of sp³-hybridized carbons (Fsp3) is 0.333. The number of nitrogens with one attached hydrogen (secondary N) is 1. The average Bonchev–Trinajstić information content (AvgIpc) is 2.80. The lowest BCUT2D eigenvalue weighted by molar-refractivity contribution is -0.385. The molecule has 0 aliphatic rings. The molecule has 1 heterocycles. The third-order valence-electron chi connectivity index (χ3n) is 3.50. The first kappa shape index (κ1) is 15.7. The van der Waals surface area contributed by atoms with Crippen LogP contribution in [0.25, 0.3) is 0 Å². The molecule has 22 heavy (non-hydrogen) atoms. The molecule has 1 aromatic carbocycles. The van der Waals surface area contributed by atoms with Gasteiger partial charge < -0.3 is 5.32 Å². The van der Waals surface area contributed by atoms with Gasteiger partial charge in [-0.05, 0) is 18.9 Å². The molecule has 0 aliphatic heterocycles. The van der Waals surface area contributed by atoms with E-state index in [-0.39, 0.29) is 23.1 Å². The Morgan fingerprint density at radius 1 is 1.41 bits per heavy atom. The van der Waals surface area contributed by atoms with Gasteiger partial charge in [-0.25, -0.2) is 0 Å². The second-order valence-corrected chi connectivity index (χ2v) is 5.01. The molecule has 1 N–H and O–H groups in total. The molecule has 1 atom stereocenters. The van der Waals surface area contributed by atoms with Crippen molar-refractivity contribution < 1.29 is 9.72 Å². The molecule has 0 radical (unpaired) electrons. The molecule has 0 saturated carbocycles. The Morgan fingerprint density at radius 2 is 2.05 bits per heavy atom. The lowest BCUT2D eigenvalue weighted by Gasteiger charge is -2.17. The summed E-state index contributed by atoms with van der Waals surface area (Å²) < 4.78 is 1.25. The van der Waals surface area contributed by atoms with Gasteiger partial charge in [-0.3, -0.25) is 19.6 Å². The van der Waals surface area contributed by atoms with Gasteiger partial charge in [-0.15, -0.1) is 0 Å². The molecule has 116 valence electrons. The highest BCUT2D eigenvalue weighted by molar-refractivity contribution is 5.97. The van der Waals surface area contributed by atoms with Crippen LogP contribution in [0.2, 0.25) is 0 Å². The summed E-state index contributed by atoms with van der Waals surface area (Å²) in [6.07, 6.45) is 0.681. The van der Waals surface area contributed by atoms with E-state index >= 15 is 0 Å². The molecular weight excluding hydrogens is 284 g/mol. The first-order chi connectivity index (χ1) is 10.5. The minimum absolute atomic E-state index is 0.0307. The lowest BCUT2D eigenvalue weighted by Crippen LogP contribution is -2.30. The Kier molecular flexibility index (Phi) is 4.55. The molecule has 1 unspecified atom stereocenters. The number of hydrogen-bond donors (Lipinski definition) is 1. The van der Waals surface area contributed by atoms with Crippen LogP contribution in [0.5, 0.6) is 0 Å². The SMILES string of the molecule is CCC(NC(=O)c1c([N+](=O)[O-])c(C)nn1C)c1ccccc1. The monoisotopic (exact) mass is 302 g/mol. The first-order valence-electron chi connectivity index (χ1n) is 6.99. The summed E-state index contributed by atoms with van der Waals surface area (Å²) in [4.78, 5) is 23.1. The number of nitro groups is 1. The molecule has 0 saturated heterocycles. The largest absolute Gasteiger partial charge is 0.344 e. The van der Waals surface area contributed by atoms with Crippen LogP contribution in [0, 0.1) is 17.0 Å². The van der Waals surface area contributed by atoms with Crippen LogP contribution < -0.4 is 5.32 Å². The zero-order chi connectivity index (χ0) is 16.3. The van der Waals surface area contributed by atoms with E-state index in [0.717, 1.165) is 5.56 Å². The van der Waals surface area contributed by atoms with Crippen molar-refractivity contribution in [2.45, 2.75) is 26.3 Å². The number of aromatic nitrogens is 2. The zero-order valence-electron chi connectivity index (χ0n) is 12.7. The molecular formula is C15H18N4O3. The van der Waals surface area contributed by atoms with E-state index in [1.807, 2.05) is 37.3 Å². The van der Waals surface area contributed by atoms with Gasteiger partial charge in [-0.2, -0.15) is 5.10 Å². The van der Waals surface area contributed by atoms with Crippen molar-refractivity contribution in [3.63, 3.8) is 0 Å². The van der Waals surface area contributed by atoms with Crippen LogP contribution >= 0.6 is 0 Å². The Morgan fingerprint density at radius 3 is 2.59 bits per heavy atom. The topological polar surface area (TPSA) is 90.1 Å². The average molecular weight is 302 g/mol. The van der Waals surface area contributed by atoms with Crippen molar-refractivity contribution in [3.05, 3.63) is 57.4 Å². The Bertz CT molecular complexity index is 694. The van der Waals surface area contributed by atoms with E-state index in [9.17, 15) is 14.9 Å². The van der Waals surface area contributed by atoms with Crippen LogP contribution in [0.1, 0.15) is 41.1 Å². The van der Waals surface area contributed by atoms with Gasteiger partial charge in [0, 0.05) is 7.05 Å². The molecule has 7 nitrogen and oxygen atoms in total. The van der Waals surface area contributed by atoms with Gasteiger partial charge >= 0.3 is 5.69 Å². The summed E-state index contributed by atoms with van der Waals surface area (Å²) >= 11 is 0. The highest BCUT2D eigenvalue weighted by atomic mass is 16.6. The minimum Gasteiger partial charge on any atom is -0.344 e. The van der Waals surface area contributed by atoms with E-state index in [1.54, 1.807) is 0 Å². The fourth-order valence-electron chi connectivity index (χ4n) is 2.45. The van der Waals surface area contributed by atoms with Crippen LogP contribution in [-0.2, 0) is 7.05 Å². The molecule has 1 aromatic heterocycles. The number of amides is 1. The predicted octanol–water partition coefficient (Wildman–Crippen LogP) is 2.52. The maximum atomic E-state index is 12.5. The lowest BCUT2D eigenvalue weighted by atomic mass is 10.0. The number of carbonyl (C=O) groups excluding carboxylic acids is 1. The molecule has 1 amide bonds. The third-order valence-corrected chi connectivity index (χ3v) is 3.50. The highest BCUT2D eigenvalue weighted by Crippen LogP contribution is 2.24. The van der Waals surface area contributed by atoms with Crippen molar-refractivity contribution >= 4 is 11.6 Å². The summed E-state index contributed by atoms with van der Waals surface area (Å²) in [6.45, 7) is 3.46. The quantitative estimate of drug-likeness (QED) is 0.678. The Labute approximate surface area is 128 Å². The van der Waals surface area contributed by atoms with Crippen molar-refractivity contribution in [1.82, 2.24) is 15.1 Å². The number of benzene rings is 1. The Balaban J connectivity index is 2.31. The standard InChI is InChI=1S/C15H18N4O3/c1-4-12(11-8-6-5-7-9-11)16-15(20)14-13(19(21)22)10(2)17-18(14)3/h5-9,12H,4H2,1-3H3,(H,16,20). The van der Waals surface area contributed by atoms with Crippen LogP contribution in [0.4, 0.5) is 5.69 Å². The normalized spacial score (nSPS) is 12.0. The van der Waals surface area contributed by atoms with E-state index < -0.39 is 10.8 Å². The smallest absolute Gasteiger partial charge is 0.322 e. The number of rotatable bonds is 5. The van der Waals surface area contributed by atoms with Crippen molar-refractivity contribution in [1.29, 1.82) is 0 Å². The van der Waals surface area contributed by atoms with Crippen molar-refractivity contribution in [3.8, 4) is 0 Å². The number of carbonyl (C=O) groups is 1. The molecule has 0 aliphatic carbocycles.